The van der Waals surface area contributed by atoms with Crippen LogP contribution in [0.15, 0.2) is 0 Å². The molecule has 1 saturated carbocycles. The summed E-state index contributed by atoms with van der Waals surface area (Å²) >= 11 is 0. The van der Waals surface area contributed by atoms with Crippen molar-refractivity contribution in [3.63, 3.8) is 0 Å². The summed E-state index contributed by atoms with van der Waals surface area (Å²) < 4.78 is 33.3. The average Bonchev–Trinajstić information content (AvgIpc) is 2.10. The number of carboxylic acid groups (broad SMARTS) is 1. The molecule has 2 unspecified atom stereocenters. The van der Waals surface area contributed by atoms with Crippen molar-refractivity contribution in [3.05, 3.63) is 0 Å². The quantitative estimate of drug-likeness (QED) is 0.442. The maximum atomic E-state index is 10.6. The Morgan fingerprint density at radius 1 is 1.19 bits per heavy atom. The Morgan fingerprint density at radius 2 is 1.75 bits per heavy atom. The van der Waals surface area contributed by atoms with E-state index in [0.29, 0.717) is 0 Å². The van der Waals surface area contributed by atoms with Gasteiger partial charge < -0.3 is 15.3 Å². The maximum absolute atomic E-state index is 10.6. The van der Waals surface area contributed by atoms with E-state index >= 15 is 0 Å². The molecular weight excluding hydrogens is 244 g/mol. The van der Waals surface area contributed by atoms with Crippen LogP contribution < -0.4 is 0 Å². The van der Waals surface area contributed by atoms with Crippen LogP contribution in [0.2, 0.25) is 0 Å². The van der Waals surface area contributed by atoms with E-state index in [9.17, 15) is 23.4 Å². The van der Waals surface area contributed by atoms with Gasteiger partial charge in [-0.2, -0.15) is 8.42 Å². The lowest BCUT2D eigenvalue weighted by molar-refractivity contribution is -0.158. The van der Waals surface area contributed by atoms with E-state index in [0.717, 1.165) is 0 Å². The Kier molecular flexibility index (Phi) is 3.86. The van der Waals surface area contributed by atoms with E-state index in [1.54, 1.807) is 0 Å². The third kappa shape index (κ3) is 3.12. The van der Waals surface area contributed by atoms with E-state index in [2.05, 4.69) is 4.18 Å². The van der Waals surface area contributed by atoms with Gasteiger partial charge in [0.25, 0.3) is 0 Å². The van der Waals surface area contributed by atoms with Crippen LogP contribution >= 0.6 is 0 Å². The minimum absolute atomic E-state index is 0.0479. The molecule has 0 aromatic rings. The Balaban J connectivity index is 2.72. The van der Waals surface area contributed by atoms with Crippen molar-refractivity contribution in [1.29, 1.82) is 0 Å². The molecule has 1 aliphatic rings. The fourth-order valence-corrected chi connectivity index (χ4v) is 2.20. The normalized spacial score (nSPS) is 35.9. The predicted octanol–water partition coefficient (Wildman–Crippen LogP) is -1.61. The molecule has 0 aliphatic heterocycles. The number of hydrogen-bond acceptors (Lipinski definition) is 6. The largest absolute Gasteiger partial charge is 0.481 e. The lowest BCUT2D eigenvalue weighted by atomic mass is 9.83. The third-order valence-electron chi connectivity index (χ3n) is 2.47. The summed E-state index contributed by atoms with van der Waals surface area (Å²) in [6.45, 7) is 0. The van der Waals surface area contributed by atoms with Gasteiger partial charge in [-0.05, 0) is 12.8 Å². The molecule has 4 atom stereocenters. The van der Waals surface area contributed by atoms with Crippen molar-refractivity contribution in [2.75, 3.05) is 0 Å². The molecule has 94 valence electrons. The Labute approximate surface area is 91.4 Å². The molecule has 1 aliphatic carbocycles. The summed E-state index contributed by atoms with van der Waals surface area (Å²) in [4.78, 5) is 10.6. The third-order valence-corrected chi connectivity index (χ3v) is 2.96. The minimum atomic E-state index is -4.74. The van der Waals surface area contributed by atoms with Crippen molar-refractivity contribution >= 4 is 16.4 Å². The summed E-state index contributed by atoms with van der Waals surface area (Å²) in [5.74, 6) is -2.45. The first-order chi connectivity index (χ1) is 7.22. The lowest BCUT2D eigenvalue weighted by Crippen LogP contribution is -2.50. The maximum Gasteiger partial charge on any atom is 0.397 e. The molecule has 0 bridgehead atoms. The van der Waals surface area contributed by atoms with Gasteiger partial charge in [0.05, 0.1) is 12.0 Å². The van der Waals surface area contributed by atoms with E-state index in [4.69, 9.17) is 9.66 Å². The van der Waals surface area contributed by atoms with Gasteiger partial charge in [-0.15, -0.1) is 0 Å². The highest BCUT2D eigenvalue weighted by Crippen LogP contribution is 2.28. The summed E-state index contributed by atoms with van der Waals surface area (Å²) in [5.41, 5.74) is 0. The first kappa shape index (κ1) is 13.3. The fraction of sp³-hybridized carbons (Fsp3) is 0.857. The topological polar surface area (TPSA) is 141 Å². The van der Waals surface area contributed by atoms with Crippen LogP contribution in [0.4, 0.5) is 0 Å². The lowest BCUT2D eigenvalue weighted by Gasteiger charge is -2.34. The number of rotatable bonds is 3. The van der Waals surface area contributed by atoms with Crippen molar-refractivity contribution < 1.29 is 37.3 Å². The van der Waals surface area contributed by atoms with Crippen molar-refractivity contribution in [3.8, 4) is 0 Å². The summed E-state index contributed by atoms with van der Waals surface area (Å²) in [5, 5.41) is 27.5. The Hall–Kier alpha value is -0.740. The second-order valence-corrected chi connectivity index (χ2v) is 4.61. The number of carboxylic acids is 1. The highest BCUT2D eigenvalue weighted by atomic mass is 32.3. The van der Waals surface area contributed by atoms with Gasteiger partial charge in [0.2, 0.25) is 0 Å². The van der Waals surface area contributed by atoms with Crippen LogP contribution in [-0.4, -0.2) is 52.6 Å². The van der Waals surface area contributed by atoms with Crippen LogP contribution in [0.1, 0.15) is 12.8 Å². The fourth-order valence-electron chi connectivity index (χ4n) is 1.67. The van der Waals surface area contributed by atoms with Gasteiger partial charge in [0.1, 0.15) is 12.2 Å². The van der Waals surface area contributed by atoms with Crippen LogP contribution in [0.3, 0.4) is 0 Å². The highest BCUT2D eigenvalue weighted by molar-refractivity contribution is 7.80. The second-order valence-electron chi connectivity index (χ2n) is 3.57. The van der Waals surface area contributed by atoms with Crippen LogP contribution in [0.25, 0.3) is 0 Å². The van der Waals surface area contributed by atoms with Gasteiger partial charge in [-0.3, -0.25) is 9.35 Å². The average molecular weight is 256 g/mol. The van der Waals surface area contributed by atoms with Gasteiger partial charge in [-0.25, -0.2) is 4.18 Å². The molecule has 0 heterocycles. The first-order valence-electron chi connectivity index (χ1n) is 4.47. The Bertz CT molecular complexity index is 363. The van der Waals surface area contributed by atoms with Crippen molar-refractivity contribution in [1.82, 2.24) is 0 Å². The standard InChI is InChI=1S/C7H12O8S/c8-5-3(7(10)11)1-2-4(6(5)9)15-16(12,13)14/h3-6,8-9H,1-2H2,(H,10,11)(H,12,13,14)/t3?,4?,5-,6+/m0/s1. The summed E-state index contributed by atoms with van der Waals surface area (Å²) in [7, 11) is -4.74. The molecule has 8 nitrogen and oxygen atoms in total. The highest BCUT2D eigenvalue weighted by Gasteiger charge is 2.43. The number of carbonyl (C=O) groups is 1. The second kappa shape index (κ2) is 4.63. The molecule has 16 heavy (non-hydrogen) atoms. The van der Waals surface area contributed by atoms with Crippen LogP contribution in [0, 0.1) is 5.92 Å². The molecular formula is C7H12O8S. The molecule has 0 saturated heterocycles. The molecule has 0 radical (unpaired) electrons. The van der Waals surface area contributed by atoms with Gasteiger partial charge in [0, 0.05) is 0 Å². The molecule has 0 amide bonds. The number of hydrogen-bond donors (Lipinski definition) is 4. The first-order valence-corrected chi connectivity index (χ1v) is 5.83. The number of aliphatic hydroxyl groups is 2. The number of aliphatic hydroxyl groups excluding tert-OH is 2. The Morgan fingerprint density at radius 3 is 2.19 bits per heavy atom. The molecule has 0 spiro atoms. The van der Waals surface area contributed by atoms with E-state index in [-0.39, 0.29) is 12.8 Å². The van der Waals surface area contributed by atoms with Crippen molar-refractivity contribution in [2.24, 2.45) is 5.92 Å². The molecule has 1 rings (SSSR count). The molecule has 0 aromatic carbocycles. The van der Waals surface area contributed by atoms with E-state index < -0.39 is 40.6 Å². The van der Waals surface area contributed by atoms with E-state index in [1.165, 1.54) is 0 Å². The van der Waals surface area contributed by atoms with Crippen LogP contribution in [0.5, 0.6) is 0 Å². The molecule has 9 heteroatoms. The van der Waals surface area contributed by atoms with Gasteiger partial charge in [0.15, 0.2) is 0 Å². The zero-order chi connectivity index (χ0) is 12.5. The minimum Gasteiger partial charge on any atom is -0.481 e. The summed E-state index contributed by atoms with van der Waals surface area (Å²) in [6, 6.07) is 0. The van der Waals surface area contributed by atoms with Crippen molar-refractivity contribution in [2.45, 2.75) is 31.2 Å². The summed E-state index contributed by atoms with van der Waals surface area (Å²) in [6.07, 6.45) is -4.77. The van der Waals surface area contributed by atoms with Gasteiger partial charge >= 0.3 is 16.4 Å². The monoisotopic (exact) mass is 256 g/mol. The molecule has 0 aromatic heterocycles. The van der Waals surface area contributed by atoms with Gasteiger partial charge in [-0.1, -0.05) is 0 Å². The predicted molar refractivity (Wildman–Crippen MR) is 48.8 cm³/mol. The van der Waals surface area contributed by atoms with Crippen LogP contribution in [-0.2, 0) is 19.4 Å². The smallest absolute Gasteiger partial charge is 0.397 e. The zero-order valence-corrected chi connectivity index (χ0v) is 8.87. The molecule has 1 fully saturated rings. The zero-order valence-electron chi connectivity index (χ0n) is 8.05. The molecule has 4 N–H and O–H groups in total. The SMILES string of the molecule is O=C(O)C1CCC(OS(=O)(=O)O)[C@@H](O)[C@H]1O. The van der Waals surface area contributed by atoms with E-state index in [1.807, 2.05) is 0 Å². The number of aliphatic carboxylic acids is 1.